The molecule has 0 bridgehead atoms. The van der Waals surface area contributed by atoms with Crippen LogP contribution in [0.25, 0.3) is 0 Å². The molecule has 1 aliphatic carbocycles. The second-order valence-electron chi connectivity index (χ2n) is 8.17. The molecule has 5 heteroatoms. The van der Waals surface area contributed by atoms with Crippen molar-refractivity contribution >= 4 is 11.8 Å². The van der Waals surface area contributed by atoms with Crippen LogP contribution in [0.2, 0.25) is 0 Å². The predicted octanol–water partition coefficient (Wildman–Crippen LogP) is 1.61. The van der Waals surface area contributed by atoms with Gasteiger partial charge in [0, 0.05) is 37.1 Å². The monoisotopic (exact) mass is 309 g/mol. The molecule has 1 heterocycles. The standard InChI is InChI=1S/C17H31N3O2/c1-16(2,3)15(22)20-11-9-19(10-12-20)14(21)13-7-5-6-8-17(13,4)18/h13H,5-12,18H2,1-4H3. The molecule has 5 nitrogen and oxygen atoms in total. The van der Waals surface area contributed by atoms with E-state index in [0.717, 1.165) is 25.7 Å². The summed E-state index contributed by atoms with van der Waals surface area (Å²) in [6.45, 7) is 10.4. The number of hydrogen-bond acceptors (Lipinski definition) is 3. The van der Waals surface area contributed by atoms with Gasteiger partial charge in [-0.25, -0.2) is 0 Å². The van der Waals surface area contributed by atoms with E-state index in [-0.39, 0.29) is 28.7 Å². The number of nitrogens with zero attached hydrogens (tertiary/aromatic N) is 2. The molecule has 1 saturated carbocycles. The highest BCUT2D eigenvalue weighted by molar-refractivity contribution is 5.83. The Balaban J connectivity index is 1.94. The van der Waals surface area contributed by atoms with Crippen LogP contribution in [0.3, 0.4) is 0 Å². The van der Waals surface area contributed by atoms with Gasteiger partial charge in [0.15, 0.2) is 0 Å². The summed E-state index contributed by atoms with van der Waals surface area (Å²) in [5, 5.41) is 0. The van der Waals surface area contributed by atoms with Crippen molar-refractivity contribution in [1.82, 2.24) is 9.80 Å². The number of amides is 2. The fourth-order valence-corrected chi connectivity index (χ4v) is 3.59. The van der Waals surface area contributed by atoms with Gasteiger partial charge in [0.2, 0.25) is 11.8 Å². The summed E-state index contributed by atoms with van der Waals surface area (Å²) in [7, 11) is 0. The van der Waals surface area contributed by atoms with E-state index in [4.69, 9.17) is 5.73 Å². The average Bonchev–Trinajstić information content (AvgIpc) is 2.44. The van der Waals surface area contributed by atoms with Crippen LogP contribution in [-0.4, -0.2) is 53.3 Å². The second kappa shape index (κ2) is 6.19. The number of piperazine rings is 1. The summed E-state index contributed by atoms with van der Waals surface area (Å²) >= 11 is 0. The van der Waals surface area contributed by atoms with Crippen LogP contribution < -0.4 is 5.73 Å². The number of rotatable bonds is 1. The van der Waals surface area contributed by atoms with Gasteiger partial charge in [0.1, 0.15) is 0 Å². The Kier molecular flexibility index (Phi) is 4.85. The van der Waals surface area contributed by atoms with E-state index < -0.39 is 0 Å². The van der Waals surface area contributed by atoms with Gasteiger partial charge in [-0.3, -0.25) is 9.59 Å². The molecule has 0 aromatic carbocycles. The summed E-state index contributed by atoms with van der Waals surface area (Å²) in [5.74, 6) is 0.291. The lowest BCUT2D eigenvalue weighted by Gasteiger charge is -2.43. The zero-order valence-corrected chi connectivity index (χ0v) is 14.5. The normalized spacial score (nSPS) is 30.3. The Hall–Kier alpha value is -1.10. The van der Waals surface area contributed by atoms with Gasteiger partial charge >= 0.3 is 0 Å². The molecule has 2 N–H and O–H groups in total. The quantitative estimate of drug-likeness (QED) is 0.800. The third-order valence-corrected chi connectivity index (χ3v) is 5.07. The van der Waals surface area contributed by atoms with Crippen molar-refractivity contribution < 1.29 is 9.59 Å². The van der Waals surface area contributed by atoms with Crippen LogP contribution in [0.1, 0.15) is 53.4 Å². The lowest BCUT2D eigenvalue weighted by molar-refractivity contribution is -0.148. The van der Waals surface area contributed by atoms with Gasteiger partial charge in [-0.2, -0.15) is 0 Å². The van der Waals surface area contributed by atoms with E-state index in [0.29, 0.717) is 26.2 Å². The summed E-state index contributed by atoms with van der Waals surface area (Å²) in [4.78, 5) is 28.9. The molecule has 0 spiro atoms. The molecule has 1 saturated heterocycles. The minimum absolute atomic E-state index is 0.0638. The van der Waals surface area contributed by atoms with Crippen LogP contribution >= 0.6 is 0 Å². The van der Waals surface area contributed by atoms with Crippen molar-refractivity contribution in [2.45, 2.75) is 58.9 Å². The molecule has 126 valence electrons. The third-order valence-electron chi connectivity index (χ3n) is 5.07. The first-order valence-corrected chi connectivity index (χ1v) is 8.50. The van der Waals surface area contributed by atoms with Crippen LogP contribution in [0, 0.1) is 11.3 Å². The first-order valence-electron chi connectivity index (χ1n) is 8.50. The molecular weight excluding hydrogens is 278 g/mol. The van der Waals surface area contributed by atoms with Crippen molar-refractivity contribution in [3.63, 3.8) is 0 Å². The summed E-state index contributed by atoms with van der Waals surface area (Å²) in [5.41, 5.74) is 5.61. The lowest BCUT2D eigenvalue weighted by atomic mass is 9.74. The van der Waals surface area contributed by atoms with Gasteiger partial charge in [-0.1, -0.05) is 33.6 Å². The minimum atomic E-state index is -0.381. The van der Waals surface area contributed by atoms with E-state index in [2.05, 4.69) is 0 Å². The van der Waals surface area contributed by atoms with E-state index in [9.17, 15) is 9.59 Å². The Morgan fingerprint density at radius 3 is 2.09 bits per heavy atom. The fourth-order valence-electron chi connectivity index (χ4n) is 3.59. The lowest BCUT2D eigenvalue weighted by Crippen LogP contribution is -2.58. The molecule has 2 fully saturated rings. The molecule has 2 amide bonds. The summed E-state index contributed by atoms with van der Waals surface area (Å²) < 4.78 is 0. The maximum atomic E-state index is 12.8. The van der Waals surface area contributed by atoms with E-state index in [1.54, 1.807) is 0 Å². The summed E-state index contributed by atoms with van der Waals surface area (Å²) in [6, 6.07) is 0. The average molecular weight is 309 g/mol. The Labute approximate surface area is 134 Å². The molecular formula is C17H31N3O2. The topological polar surface area (TPSA) is 66.6 Å². The number of nitrogens with two attached hydrogens (primary N) is 1. The molecule has 0 radical (unpaired) electrons. The van der Waals surface area contributed by atoms with Gasteiger partial charge in [-0.15, -0.1) is 0 Å². The molecule has 22 heavy (non-hydrogen) atoms. The third kappa shape index (κ3) is 3.62. The Morgan fingerprint density at radius 2 is 1.59 bits per heavy atom. The predicted molar refractivity (Wildman–Crippen MR) is 87.2 cm³/mol. The molecule has 2 rings (SSSR count). The highest BCUT2D eigenvalue weighted by atomic mass is 16.2. The highest BCUT2D eigenvalue weighted by Crippen LogP contribution is 2.33. The number of carbonyl (C=O) groups excluding carboxylic acids is 2. The maximum Gasteiger partial charge on any atom is 0.228 e. The SMILES string of the molecule is CC(C)(C)C(=O)N1CCN(C(=O)C2CCCCC2(C)N)CC1. The first-order chi connectivity index (χ1) is 10.1. The number of hydrogen-bond donors (Lipinski definition) is 1. The molecule has 2 aliphatic rings. The minimum Gasteiger partial charge on any atom is -0.339 e. The van der Waals surface area contributed by atoms with Crippen molar-refractivity contribution in [2.75, 3.05) is 26.2 Å². The number of carbonyl (C=O) groups is 2. The van der Waals surface area contributed by atoms with Crippen molar-refractivity contribution in [2.24, 2.45) is 17.1 Å². The first kappa shape index (κ1) is 17.3. The van der Waals surface area contributed by atoms with Gasteiger partial charge in [-0.05, 0) is 19.8 Å². The van der Waals surface area contributed by atoms with Gasteiger partial charge in [0.25, 0.3) is 0 Å². The van der Waals surface area contributed by atoms with E-state index in [1.807, 2.05) is 37.5 Å². The van der Waals surface area contributed by atoms with Gasteiger partial charge in [0.05, 0.1) is 5.92 Å². The van der Waals surface area contributed by atoms with Crippen LogP contribution in [0.4, 0.5) is 0 Å². The van der Waals surface area contributed by atoms with Crippen LogP contribution in [0.5, 0.6) is 0 Å². The maximum absolute atomic E-state index is 12.8. The molecule has 0 aromatic rings. The zero-order valence-electron chi connectivity index (χ0n) is 14.5. The molecule has 1 aliphatic heterocycles. The van der Waals surface area contributed by atoms with E-state index in [1.165, 1.54) is 0 Å². The largest absolute Gasteiger partial charge is 0.339 e. The zero-order chi connectivity index (χ0) is 16.5. The van der Waals surface area contributed by atoms with E-state index >= 15 is 0 Å². The van der Waals surface area contributed by atoms with Crippen LogP contribution in [-0.2, 0) is 9.59 Å². The molecule has 2 atom stereocenters. The molecule has 2 unspecified atom stereocenters. The Bertz CT molecular complexity index is 432. The van der Waals surface area contributed by atoms with Crippen LogP contribution in [0.15, 0.2) is 0 Å². The molecule has 0 aromatic heterocycles. The second-order valence-corrected chi connectivity index (χ2v) is 8.17. The highest BCUT2D eigenvalue weighted by Gasteiger charge is 2.41. The van der Waals surface area contributed by atoms with Crippen molar-refractivity contribution in [3.8, 4) is 0 Å². The fraction of sp³-hybridized carbons (Fsp3) is 0.882. The summed E-state index contributed by atoms with van der Waals surface area (Å²) in [6.07, 6.45) is 4.02. The van der Waals surface area contributed by atoms with Crippen molar-refractivity contribution in [1.29, 1.82) is 0 Å². The van der Waals surface area contributed by atoms with Crippen molar-refractivity contribution in [3.05, 3.63) is 0 Å². The Morgan fingerprint density at radius 1 is 1.05 bits per heavy atom. The van der Waals surface area contributed by atoms with Gasteiger partial charge < -0.3 is 15.5 Å². The smallest absolute Gasteiger partial charge is 0.228 e.